The molecule has 1 amide bonds. The van der Waals surface area contributed by atoms with Gasteiger partial charge in [-0.1, -0.05) is 31.2 Å². The van der Waals surface area contributed by atoms with E-state index in [9.17, 15) is 14.4 Å². The van der Waals surface area contributed by atoms with Crippen LogP contribution < -0.4 is 21.3 Å². The molecule has 0 radical (unpaired) electrons. The molecule has 0 aliphatic carbocycles. The maximum atomic E-state index is 13.2. The van der Waals surface area contributed by atoms with Crippen molar-refractivity contribution in [2.24, 2.45) is 0 Å². The lowest BCUT2D eigenvalue weighted by atomic mass is 10.1. The molecule has 2 aromatic carbocycles. The normalized spacial score (nSPS) is 10.9. The number of nitrogens with zero attached hydrogens (tertiary/aromatic N) is 2. The largest absolute Gasteiger partial charge is 0.497 e. The molecule has 0 aliphatic rings. The molecule has 7 nitrogen and oxygen atoms in total. The molecule has 4 rings (SSSR count). The van der Waals surface area contributed by atoms with E-state index in [-0.39, 0.29) is 24.6 Å². The highest BCUT2D eigenvalue weighted by Gasteiger charge is 2.17. The van der Waals surface area contributed by atoms with Gasteiger partial charge in [0.25, 0.3) is 5.56 Å². The summed E-state index contributed by atoms with van der Waals surface area (Å²) in [6.07, 6.45) is 0.856. The van der Waals surface area contributed by atoms with Crippen molar-refractivity contribution in [3.8, 4) is 5.75 Å². The van der Waals surface area contributed by atoms with Gasteiger partial charge in [0.05, 0.1) is 19.2 Å². The number of fused-ring (bicyclic) bond motifs is 1. The summed E-state index contributed by atoms with van der Waals surface area (Å²) in [7, 11) is 1.58. The molecule has 0 unspecified atom stereocenters. The van der Waals surface area contributed by atoms with Crippen LogP contribution in [0.3, 0.4) is 0 Å². The Hall–Kier alpha value is -3.65. The zero-order chi connectivity index (χ0) is 22.7. The molecule has 0 aliphatic heterocycles. The highest BCUT2D eigenvalue weighted by atomic mass is 32.1. The summed E-state index contributed by atoms with van der Waals surface area (Å²) in [5, 5.41) is 4.60. The van der Waals surface area contributed by atoms with Crippen LogP contribution in [0.5, 0.6) is 5.75 Å². The second-order valence-electron chi connectivity index (χ2n) is 7.35. The molecule has 0 atom stereocenters. The monoisotopic (exact) mass is 449 g/mol. The molecule has 32 heavy (non-hydrogen) atoms. The number of rotatable bonds is 7. The smallest absolute Gasteiger partial charge is 0.332 e. The van der Waals surface area contributed by atoms with E-state index in [2.05, 4.69) is 5.32 Å². The van der Waals surface area contributed by atoms with Crippen molar-refractivity contribution in [2.45, 2.75) is 26.4 Å². The van der Waals surface area contributed by atoms with Crippen molar-refractivity contribution >= 4 is 33.1 Å². The summed E-state index contributed by atoms with van der Waals surface area (Å²) >= 11 is 1.26. The lowest BCUT2D eigenvalue weighted by Gasteiger charge is -2.13. The van der Waals surface area contributed by atoms with E-state index in [1.165, 1.54) is 20.5 Å². The molecule has 164 valence electrons. The summed E-state index contributed by atoms with van der Waals surface area (Å²) in [5.74, 6) is 0.360. The van der Waals surface area contributed by atoms with E-state index in [0.29, 0.717) is 21.7 Å². The number of methoxy groups -OCH3 is 1. The molecule has 8 heteroatoms. The molecule has 2 aromatic heterocycles. The predicted octanol–water partition coefficient (Wildman–Crippen LogP) is 3.48. The zero-order valence-electron chi connectivity index (χ0n) is 17.8. The standard InChI is InChI=1S/C24H23N3O4S/c1-3-16-5-4-6-18(13-16)25-21(28)15-26-20-11-12-32-22(20)23(29)27(24(26)30)14-17-7-9-19(31-2)10-8-17/h4-13H,3,14-15H2,1-2H3,(H,25,28). The van der Waals surface area contributed by atoms with E-state index in [1.807, 2.05) is 31.2 Å². The van der Waals surface area contributed by atoms with Crippen LogP contribution in [0.4, 0.5) is 5.69 Å². The van der Waals surface area contributed by atoms with Gasteiger partial charge in [-0.05, 0) is 53.3 Å². The minimum Gasteiger partial charge on any atom is -0.497 e. The van der Waals surface area contributed by atoms with Crippen LogP contribution in [-0.4, -0.2) is 22.2 Å². The van der Waals surface area contributed by atoms with Gasteiger partial charge in [-0.3, -0.25) is 18.7 Å². The number of thiophene rings is 1. The third-order valence-corrected chi connectivity index (χ3v) is 6.15. The Labute approximate surface area is 188 Å². The van der Waals surface area contributed by atoms with Crippen molar-refractivity contribution in [2.75, 3.05) is 12.4 Å². The Balaban J connectivity index is 1.67. The lowest BCUT2D eigenvalue weighted by molar-refractivity contribution is -0.116. The fourth-order valence-corrected chi connectivity index (χ4v) is 4.40. The fourth-order valence-electron chi connectivity index (χ4n) is 3.55. The van der Waals surface area contributed by atoms with Gasteiger partial charge in [0.15, 0.2) is 0 Å². The molecule has 1 N–H and O–H groups in total. The minimum absolute atomic E-state index is 0.107. The molecular weight excluding hydrogens is 426 g/mol. The zero-order valence-corrected chi connectivity index (χ0v) is 18.6. The second kappa shape index (κ2) is 9.23. The van der Waals surface area contributed by atoms with Crippen LogP contribution in [-0.2, 0) is 24.3 Å². The molecule has 2 heterocycles. The number of anilines is 1. The summed E-state index contributed by atoms with van der Waals surface area (Å²) in [6, 6.07) is 16.5. The topological polar surface area (TPSA) is 82.3 Å². The Kier molecular flexibility index (Phi) is 6.23. The number of carbonyl (C=O) groups excluding carboxylic acids is 1. The average molecular weight is 450 g/mol. The predicted molar refractivity (Wildman–Crippen MR) is 127 cm³/mol. The quantitative estimate of drug-likeness (QED) is 0.468. The number of nitrogens with one attached hydrogen (secondary N) is 1. The van der Waals surface area contributed by atoms with Crippen molar-refractivity contribution in [3.05, 3.63) is 91.9 Å². The molecule has 0 saturated carbocycles. The Morgan fingerprint density at radius 2 is 1.81 bits per heavy atom. The van der Waals surface area contributed by atoms with Gasteiger partial charge in [0.1, 0.15) is 17.0 Å². The maximum absolute atomic E-state index is 13.2. The SMILES string of the molecule is CCc1cccc(NC(=O)Cn2c(=O)n(Cc3ccc(OC)cc3)c(=O)c3sccc32)c1. The Morgan fingerprint density at radius 1 is 1.03 bits per heavy atom. The van der Waals surface area contributed by atoms with Gasteiger partial charge >= 0.3 is 5.69 Å². The highest BCUT2D eigenvalue weighted by molar-refractivity contribution is 7.17. The first-order chi connectivity index (χ1) is 15.5. The average Bonchev–Trinajstić information content (AvgIpc) is 3.30. The van der Waals surface area contributed by atoms with Crippen molar-refractivity contribution < 1.29 is 9.53 Å². The first-order valence-electron chi connectivity index (χ1n) is 10.2. The molecule has 0 spiro atoms. The second-order valence-corrected chi connectivity index (χ2v) is 8.26. The lowest BCUT2D eigenvalue weighted by Crippen LogP contribution is -2.41. The van der Waals surface area contributed by atoms with E-state index in [1.54, 1.807) is 42.8 Å². The Morgan fingerprint density at radius 3 is 2.53 bits per heavy atom. The third-order valence-electron chi connectivity index (χ3n) is 5.26. The number of benzene rings is 2. The van der Waals surface area contributed by atoms with Gasteiger partial charge in [0.2, 0.25) is 5.91 Å². The number of amides is 1. The summed E-state index contributed by atoms with van der Waals surface area (Å²) in [5.41, 5.74) is 2.16. The number of aryl methyl sites for hydroxylation is 1. The molecule has 0 fully saturated rings. The number of hydrogen-bond donors (Lipinski definition) is 1. The van der Waals surface area contributed by atoms with Gasteiger partial charge < -0.3 is 10.1 Å². The summed E-state index contributed by atoms with van der Waals surface area (Å²) < 4.78 is 8.14. The van der Waals surface area contributed by atoms with Crippen LogP contribution in [0.15, 0.2) is 69.6 Å². The van der Waals surface area contributed by atoms with Gasteiger partial charge in [0, 0.05) is 5.69 Å². The third kappa shape index (κ3) is 4.36. The number of aromatic nitrogens is 2. The number of hydrogen-bond acceptors (Lipinski definition) is 5. The van der Waals surface area contributed by atoms with Crippen LogP contribution >= 0.6 is 11.3 Å². The van der Waals surface area contributed by atoms with Gasteiger partial charge in [-0.15, -0.1) is 11.3 Å². The first kappa shape index (κ1) is 21.6. The van der Waals surface area contributed by atoms with E-state index in [4.69, 9.17) is 4.74 Å². The van der Waals surface area contributed by atoms with Crippen molar-refractivity contribution in [1.82, 2.24) is 9.13 Å². The Bertz CT molecular complexity index is 1380. The van der Waals surface area contributed by atoms with Crippen LogP contribution in [0.2, 0.25) is 0 Å². The summed E-state index contributed by atoms with van der Waals surface area (Å²) in [4.78, 5) is 39.0. The number of ether oxygens (including phenoxy) is 1. The van der Waals surface area contributed by atoms with E-state index in [0.717, 1.165) is 17.5 Å². The van der Waals surface area contributed by atoms with E-state index >= 15 is 0 Å². The molecular formula is C24H23N3O4S. The fraction of sp³-hybridized carbons (Fsp3) is 0.208. The van der Waals surface area contributed by atoms with E-state index < -0.39 is 5.69 Å². The number of carbonyl (C=O) groups is 1. The highest BCUT2D eigenvalue weighted by Crippen LogP contribution is 2.17. The summed E-state index contributed by atoms with van der Waals surface area (Å²) in [6.45, 7) is 1.96. The van der Waals surface area contributed by atoms with Crippen molar-refractivity contribution in [1.29, 1.82) is 0 Å². The maximum Gasteiger partial charge on any atom is 0.332 e. The van der Waals surface area contributed by atoms with Crippen LogP contribution in [0.1, 0.15) is 18.1 Å². The van der Waals surface area contributed by atoms with Gasteiger partial charge in [-0.2, -0.15) is 0 Å². The molecule has 0 saturated heterocycles. The van der Waals surface area contributed by atoms with Crippen molar-refractivity contribution in [3.63, 3.8) is 0 Å². The van der Waals surface area contributed by atoms with Crippen LogP contribution in [0, 0.1) is 0 Å². The van der Waals surface area contributed by atoms with Gasteiger partial charge in [-0.25, -0.2) is 4.79 Å². The molecule has 4 aromatic rings. The minimum atomic E-state index is -0.519. The first-order valence-corrected chi connectivity index (χ1v) is 11.1. The van der Waals surface area contributed by atoms with Crippen LogP contribution in [0.25, 0.3) is 10.2 Å². The molecule has 0 bridgehead atoms.